The Hall–Kier alpha value is -3.35. The molecule has 0 atom stereocenters. The standard InChI is InChI=1S/C20H20FN3O3/c1-3-11-27-18-13-24(16-9-7-14(21)8-10-16)23-19(18)20(25)22-15-5-4-6-17(12-15)26-2/h4-10,12-13H,3,11H2,1-2H3,(H,22,25). The van der Waals surface area contributed by atoms with Crippen LogP contribution in [0.4, 0.5) is 10.1 Å². The third kappa shape index (κ3) is 4.44. The Labute approximate surface area is 156 Å². The highest BCUT2D eigenvalue weighted by molar-refractivity contribution is 6.04. The predicted octanol–water partition coefficient (Wildman–Crippen LogP) is 4.06. The van der Waals surface area contributed by atoms with Crippen molar-refractivity contribution in [3.05, 3.63) is 66.2 Å². The lowest BCUT2D eigenvalue weighted by atomic mass is 10.3. The summed E-state index contributed by atoms with van der Waals surface area (Å²) in [6.45, 7) is 2.43. The number of amides is 1. The quantitative estimate of drug-likeness (QED) is 0.682. The summed E-state index contributed by atoms with van der Waals surface area (Å²) in [4.78, 5) is 12.7. The normalized spacial score (nSPS) is 10.5. The van der Waals surface area contributed by atoms with Crippen molar-refractivity contribution in [2.75, 3.05) is 19.0 Å². The minimum Gasteiger partial charge on any atom is -0.497 e. The number of hydrogen-bond acceptors (Lipinski definition) is 4. The van der Waals surface area contributed by atoms with Crippen LogP contribution in [-0.4, -0.2) is 29.4 Å². The first kappa shape index (κ1) is 18.4. The van der Waals surface area contributed by atoms with E-state index >= 15 is 0 Å². The molecule has 0 aliphatic rings. The van der Waals surface area contributed by atoms with Crippen LogP contribution < -0.4 is 14.8 Å². The van der Waals surface area contributed by atoms with E-state index in [2.05, 4.69) is 10.4 Å². The first-order valence-electron chi connectivity index (χ1n) is 8.54. The average molecular weight is 369 g/mol. The van der Waals surface area contributed by atoms with E-state index in [1.54, 1.807) is 49.7 Å². The molecule has 27 heavy (non-hydrogen) atoms. The molecule has 6 nitrogen and oxygen atoms in total. The maximum atomic E-state index is 13.2. The topological polar surface area (TPSA) is 65.4 Å². The Kier molecular flexibility index (Phi) is 5.71. The number of halogens is 1. The Morgan fingerprint density at radius 3 is 2.70 bits per heavy atom. The van der Waals surface area contributed by atoms with Gasteiger partial charge in [0.25, 0.3) is 5.91 Å². The van der Waals surface area contributed by atoms with Gasteiger partial charge in [-0.1, -0.05) is 13.0 Å². The number of nitrogens with one attached hydrogen (secondary N) is 1. The van der Waals surface area contributed by atoms with Crippen LogP contribution in [0.3, 0.4) is 0 Å². The van der Waals surface area contributed by atoms with Crippen molar-refractivity contribution in [2.24, 2.45) is 0 Å². The fourth-order valence-electron chi connectivity index (χ4n) is 2.45. The minimum atomic E-state index is -0.407. The molecule has 3 aromatic rings. The van der Waals surface area contributed by atoms with Crippen molar-refractivity contribution < 1.29 is 18.7 Å². The third-order valence-electron chi connectivity index (χ3n) is 3.78. The van der Waals surface area contributed by atoms with Crippen molar-refractivity contribution in [1.29, 1.82) is 0 Å². The molecule has 1 heterocycles. The number of aromatic nitrogens is 2. The van der Waals surface area contributed by atoms with Gasteiger partial charge in [-0.3, -0.25) is 4.79 Å². The number of benzene rings is 2. The fourth-order valence-corrected chi connectivity index (χ4v) is 2.45. The Morgan fingerprint density at radius 2 is 2.00 bits per heavy atom. The summed E-state index contributed by atoms with van der Waals surface area (Å²) in [5.74, 6) is 0.244. The molecule has 0 unspecified atom stereocenters. The fraction of sp³-hybridized carbons (Fsp3) is 0.200. The van der Waals surface area contributed by atoms with Gasteiger partial charge >= 0.3 is 0 Å². The van der Waals surface area contributed by atoms with Crippen molar-refractivity contribution >= 4 is 11.6 Å². The summed E-state index contributed by atoms with van der Waals surface area (Å²) in [6.07, 6.45) is 2.40. The van der Waals surface area contributed by atoms with E-state index in [1.165, 1.54) is 16.8 Å². The molecule has 1 aromatic heterocycles. The number of carbonyl (C=O) groups excluding carboxylic acids is 1. The SMILES string of the molecule is CCCOc1cn(-c2ccc(F)cc2)nc1C(=O)Nc1cccc(OC)c1. The van der Waals surface area contributed by atoms with Crippen LogP contribution in [0, 0.1) is 5.82 Å². The number of methoxy groups -OCH3 is 1. The maximum Gasteiger partial charge on any atom is 0.280 e. The van der Waals surface area contributed by atoms with E-state index in [1.807, 2.05) is 6.92 Å². The molecule has 140 valence electrons. The van der Waals surface area contributed by atoms with Crippen molar-refractivity contribution in [1.82, 2.24) is 9.78 Å². The molecule has 0 saturated carbocycles. The van der Waals surface area contributed by atoms with Crippen molar-refractivity contribution in [2.45, 2.75) is 13.3 Å². The second-order valence-corrected chi connectivity index (χ2v) is 5.80. The number of carbonyl (C=O) groups is 1. The summed E-state index contributed by atoms with van der Waals surface area (Å²) < 4.78 is 25.5. The minimum absolute atomic E-state index is 0.149. The second kappa shape index (κ2) is 8.35. The Balaban J connectivity index is 1.89. The van der Waals surface area contributed by atoms with Crippen LogP contribution in [0.5, 0.6) is 11.5 Å². The highest BCUT2D eigenvalue weighted by atomic mass is 19.1. The third-order valence-corrected chi connectivity index (χ3v) is 3.78. The molecule has 0 bridgehead atoms. The van der Waals surface area contributed by atoms with Crippen LogP contribution in [0.2, 0.25) is 0 Å². The first-order valence-corrected chi connectivity index (χ1v) is 8.54. The molecular formula is C20H20FN3O3. The average Bonchev–Trinajstić information content (AvgIpc) is 3.11. The van der Waals surface area contributed by atoms with Gasteiger partial charge in [-0.2, -0.15) is 5.10 Å². The number of ether oxygens (including phenoxy) is 2. The Bertz CT molecular complexity index is 922. The first-order chi connectivity index (χ1) is 13.1. The monoisotopic (exact) mass is 369 g/mol. The van der Waals surface area contributed by atoms with E-state index in [4.69, 9.17) is 9.47 Å². The summed E-state index contributed by atoms with van der Waals surface area (Å²) in [5, 5.41) is 7.12. The smallest absolute Gasteiger partial charge is 0.280 e. The van der Waals surface area contributed by atoms with Crippen LogP contribution >= 0.6 is 0 Å². The lowest BCUT2D eigenvalue weighted by Gasteiger charge is -2.07. The zero-order valence-corrected chi connectivity index (χ0v) is 15.1. The van der Waals surface area contributed by atoms with Gasteiger partial charge in [0, 0.05) is 11.8 Å². The molecule has 0 aliphatic carbocycles. The van der Waals surface area contributed by atoms with Crippen LogP contribution in [0.15, 0.2) is 54.7 Å². The molecule has 1 N–H and O–H groups in total. The second-order valence-electron chi connectivity index (χ2n) is 5.80. The molecule has 3 rings (SSSR count). The Morgan fingerprint density at radius 1 is 1.22 bits per heavy atom. The van der Waals surface area contributed by atoms with Crippen LogP contribution in [0.25, 0.3) is 5.69 Å². The van der Waals surface area contributed by atoms with Gasteiger partial charge in [0.05, 0.1) is 25.6 Å². The van der Waals surface area contributed by atoms with Gasteiger partial charge < -0.3 is 14.8 Å². The molecule has 0 aliphatic heterocycles. The van der Waals surface area contributed by atoms with Gasteiger partial charge in [-0.15, -0.1) is 0 Å². The summed E-state index contributed by atoms with van der Waals surface area (Å²) >= 11 is 0. The van der Waals surface area contributed by atoms with E-state index < -0.39 is 5.91 Å². The van der Waals surface area contributed by atoms with E-state index in [-0.39, 0.29) is 11.5 Å². The van der Waals surface area contributed by atoms with E-state index in [0.29, 0.717) is 29.5 Å². The maximum absolute atomic E-state index is 13.2. The van der Waals surface area contributed by atoms with Gasteiger partial charge in [-0.25, -0.2) is 9.07 Å². The summed E-state index contributed by atoms with van der Waals surface area (Å²) in [7, 11) is 1.56. The molecule has 0 spiro atoms. The van der Waals surface area contributed by atoms with Gasteiger partial charge in [0.1, 0.15) is 11.6 Å². The summed E-state index contributed by atoms with van der Waals surface area (Å²) in [5.41, 5.74) is 1.35. The zero-order valence-electron chi connectivity index (χ0n) is 15.1. The van der Waals surface area contributed by atoms with Gasteiger partial charge in [0.15, 0.2) is 11.4 Å². The highest BCUT2D eigenvalue weighted by Gasteiger charge is 2.19. The number of anilines is 1. The number of hydrogen-bond donors (Lipinski definition) is 1. The van der Waals surface area contributed by atoms with Crippen LogP contribution in [0.1, 0.15) is 23.8 Å². The molecule has 7 heteroatoms. The zero-order chi connectivity index (χ0) is 19.2. The molecule has 2 aromatic carbocycles. The van der Waals surface area contributed by atoms with Crippen molar-refractivity contribution in [3.8, 4) is 17.2 Å². The lowest BCUT2D eigenvalue weighted by Crippen LogP contribution is -2.14. The molecular weight excluding hydrogens is 349 g/mol. The van der Waals surface area contributed by atoms with Gasteiger partial charge in [-0.05, 0) is 42.8 Å². The largest absolute Gasteiger partial charge is 0.497 e. The van der Waals surface area contributed by atoms with E-state index in [0.717, 1.165) is 6.42 Å². The van der Waals surface area contributed by atoms with E-state index in [9.17, 15) is 9.18 Å². The molecule has 0 fully saturated rings. The van der Waals surface area contributed by atoms with Gasteiger partial charge in [0.2, 0.25) is 0 Å². The molecule has 1 amide bonds. The number of nitrogens with zero attached hydrogens (tertiary/aromatic N) is 2. The summed E-state index contributed by atoms with van der Waals surface area (Å²) in [6, 6.07) is 12.9. The van der Waals surface area contributed by atoms with Crippen molar-refractivity contribution in [3.63, 3.8) is 0 Å². The highest BCUT2D eigenvalue weighted by Crippen LogP contribution is 2.23. The number of rotatable bonds is 7. The molecule has 0 saturated heterocycles. The molecule has 0 radical (unpaired) electrons. The predicted molar refractivity (Wildman–Crippen MR) is 100 cm³/mol. The lowest BCUT2D eigenvalue weighted by molar-refractivity contribution is 0.101. The van der Waals surface area contributed by atoms with Crippen LogP contribution in [-0.2, 0) is 0 Å².